The van der Waals surface area contributed by atoms with Gasteiger partial charge < -0.3 is 19.3 Å². The van der Waals surface area contributed by atoms with Gasteiger partial charge in [0.15, 0.2) is 12.4 Å². The highest BCUT2D eigenvalue weighted by atomic mass is 16.7. The summed E-state index contributed by atoms with van der Waals surface area (Å²) >= 11 is 0. The van der Waals surface area contributed by atoms with Crippen LogP contribution in [0.25, 0.3) is 0 Å². The summed E-state index contributed by atoms with van der Waals surface area (Å²) in [5.41, 5.74) is 0. The highest BCUT2D eigenvalue weighted by Gasteiger charge is 2.51. The lowest BCUT2D eigenvalue weighted by molar-refractivity contribution is -0.164. The number of carbonyl (C=O) groups excluding carboxylic acids is 1. The maximum absolute atomic E-state index is 10.9. The molecule has 0 aromatic rings. The fourth-order valence-corrected chi connectivity index (χ4v) is 1.81. The summed E-state index contributed by atoms with van der Waals surface area (Å²) in [5, 5.41) is 9.47. The van der Waals surface area contributed by atoms with Crippen LogP contribution in [0.4, 0.5) is 0 Å². The lowest BCUT2D eigenvalue weighted by Crippen LogP contribution is -2.35. The summed E-state index contributed by atoms with van der Waals surface area (Å²) < 4.78 is 15.5. The number of fused-ring (bicyclic) bond motifs is 1. The van der Waals surface area contributed by atoms with Gasteiger partial charge in [0.1, 0.15) is 12.2 Å². The Morgan fingerprint density at radius 3 is 3.14 bits per heavy atom. The van der Waals surface area contributed by atoms with Gasteiger partial charge in [0, 0.05) is 6.61 Å². The van der Waals surface area contributed by atoms with Crippen LogP contribution < -0.4 is 0 Å². The van der Waals surface area contributed by atoms with Crippen molar-refractivity contribution in [2.75, 3.05) is 6.61 Å². The molecule has 1 N–H and O–H groups in total. The number of esters is 1. The first-order valence-electron chi connectivity index (χ1n) is 4.87. The number of aliphatic hydroxyl groups excluding tert-OH is 1. The molecule has 2 rings (SSSR count). The van der Waals surface area contributed by atoms with Gasteiger partial charge in [-0.25, -0.2) is 0 Å². The molecule has 4 unspecified atom stereocenters. The molecule has 0 amide bonds. The molecule has 0 aromatic carbocycles. The Kier molecular flexibility index (Phi) is 2.71. The quantitative estimate of drug-likeness (QED) is 0.643. The summed E-state index contributed by atoms with van der Waals surface area (Å²) in [6.45, 7) is 2.51. The standard InChI is InChI=1S/C9H14O5/c1-2-3-12-8-7-5(13-9(8)11)4-6(10)14-7/h5,7-9,11H,2-4H2,1H3. The van der Waals surface area contributed by atoms with E-state index in [9.17, 15) is 9.90 Å². The monoisotopic (exact) mass is 202 g/mol. The van der Waals surface area contributed by atoms with E-state index in [2.05, 4.69) is 0 Å². The number of aliphatic hydroxyl groups is 1. The molecule has 0 saturated carbocycles. The normalized spacial score (nSPS) is 41.1. The van der Waals surface area contributed by atoms with Crippen LogP contribution in [0, 0.1) is 0 Å². The second-order valence-corrected chi connectivity index (χ2v) is 3.56. The zero-order chi connectivity index (χ0) is 10.1. The number of carbonyl (C=O) groups is 1. The predicted octanol–water partition coefficient (Wildman–Crippen LogP) is -0.186. The highest BCUT2D eigenvalue weighted by Crippen LogP contribution is 2.32. The van der Waals surface area contributed by atoms with Crippen LogP contribution in [0.2, 0.25) is 0 Å². The van der Waals surface area contributed by atoms with Crippen molar-refractivity contribution < 1.29 is 24.1 Å². The van der Waals surface area contributed by atoms with Gasteiger partial charge >= 0.3 is 5.97 Å². The van der Waals surface area contributed by atoms with Gasteiger partial charge in [-0.1, -0.05) is 6.92 Å². The lowest BCUT2D eigenvalue weighted by Gasteiger charge is -2.18. The minimum absolute atomic E-state index is 0.216. The number of hydrogen-bond donors (Lipinski definition) is 1. The van der Waals surface area contributed by atoms with Gasteiger partial charge in [0.25, 0.3) is 0 Å². The zero-order valence-electron chi connectivity index (χ0n) is 8.01. The Morgan fingerprint density at radius 1 is 1.64 bits per heavy atom. The van der Waals surface area contributed by atoms with Crippen molar-refractivity contribution >= 4 is 5.97 Å². The molecule has 80 valence electrons. The molecule has 5 heteroatoms. The molecule has 0 aliphatic carbocycles. The Balaban J connectivity index is 1.97. The van der Waals surface area contributed by atoms with Crippen LogP contribution in [0.5, 0.6) is 0 Å². The average molecular weight is 202 g/mol. The fourth-order valence-electron chi connectivity index (χ4n) is 1.81. The number of hydrogen-bond acceptors (Lipinski definition) is 5. The third kappa shape index (κ3) is 1.63. The van der Waals surface area contributed by atoms with E-state index in [1.54, 1.807) is 0 Å². The molecule has 0 bridgehead atoms. The summed E-state index contributed by atoms with van der Waals surface area (Å²) in [4.78, 5) is 10.9. The molecule has 5 nitrogen and oxygen atoms in total. The van der Waals surface area contributed by atoms with Gasteiger partial charge in [-0.05, 0) is 6.42 Å². The average Bonchev–Trinajstić information content (AvgIpc) is 2.58. The van der Waals surface area contributed by atoms with Crippen LogP contribution in [-0.2, 0) is 19.0 Å². The van der Waals surface area contributed by atoms with E-state index in [4.69, 9.17) is 14.2 Å². The van der Waals surface area contributed by atoms with Crippen molar-refractivity contribution in [1.29, 1.82) is 0 Å². The maximum Gasteiger partial charge on any atom is 0.309 e. The molecular weight excluding hydrogens is 188 g/mol. The SMILES string of the molecule is CCCOC1C(O)OC2CC(=O)OC21. The first-order valence-corrected chi connectivity index (χ1v) is 4.87. The Bertz CT molecular complexity index is 229. The van der Waals surface area contributed by atoms with Gasteiger partial charge in [0.2, 0.25) is 0 Å². The van der Waals surface area contributed by atoms with Crippen molar-refractivity contribution in [3.63, 3.8) is 0 Å². The van der Waals surface area contributed by atoms with Crippen molar-refractivity contribution in [1.82, 2.24) is 0 Å². The smallest absolute Gasteiger partial charge is 0.309 e. The van der Waals surface area contributed by atoms with Crippen LogP contribution in [0.1, 0.15) is 19.8 Å². The number of rotatable bonds is 3. The van der Waals surface area contributed by atoms with E-state index in [0.29, 0.717) is 6.61 Å². The van der Waals surface area contributed by atoms with Gasteiger partial charge in [-0.15, -0.1) is 0 Å². The summed E-state index contributed by atoms with van der Waals surface area (Å²) in [6, 6.07) is 0. The molecule has 14 heavy (non-hydrogen) atoms. The second-order valence-electron chi connectivity index (χ2n) is 3.56. The fraction of sp³-hybridized carbons (Fsp3) is 0.889. The first kappa shape index (κ1) is 9.89. The minimum Gasteiger partial charge on any atom is -0.456 e. The van der Waals surface area contributed by atoms with Crippen LogP contribution >= 0.6 is 0 Å². The zero-order valence-corrected chi connectivity index (χ0v) is 8.01. The van der Waals surface area contributed by atoms with Crippen LogP contribution in [-0.4, -0.2) is 42.3 Å². The second kappa shape index (κ2) is 3.84. The van der Waals surface area contributed by atoms with Crippen LogP contribution in [0.3, 0.4) is 0 Å². The van der Waals surface area contributed by atoms with E-state index < -0.39 is 18.5 Å². The van der Waals surface area contributed by atoms with Crippen molar-refractivity contribution in [3.05, 3.63) is 0 Å². The number of ether oxygens (including phenoxy) is 3. The molecular formula is C9H14O5. The summed E-state index contributed by atoms with van der Waals surface area (Å²) in [7, 11) is 0. The first-order chi connectivity index (χ1) is 6.72. The van der Waals surface area contributed by atoms with Crippen molar-refractivity contribution in [3.8, 4) is 0 Å². The van der Waals surface area contributed by atoms with E-state index in [0.717, 1.165) is 6.42 Å². The van der Waals surface area contributed by atoms with E-state index in [1.807, 2.05) is 6.92 Å². The molecule has 2 aliphatic heterocycles. The van der Waals surface area contributed by atoms with Gasteiger partial charge in [0.05, 0.1) is 6.42 Å². The molecule has 2 heterocycles. The summed E-state index contributed by atoms with van der Waals surface area (Å²) in [6.07, 6.45) is -1.18. The molecule has 2 saturated heterocycles. The van der Waals surface area contributed by atoms with Gasteiger partial charge in [-0.2, -0.15) is 0 Å². The van der Waals surface area contributed by atoms with Gasteiger partial charge in [-0.3, -0.25) is 4.79 Å². The predicted molar refractivity (Wildman–Crippen MR) is 45.4 cm³/mol. The third-order valence-corrected chi connectivity index (χ3v) is 2.44. The lowest BCUT2D eigenvalue weighted by atomic mass is 10.1. The molecule has 0 aromatic heterocycles. The van der Waals surface area contributed by atoms with Crippen molar-refractivity contribution in [2.45, 2.75) is 44.4 Å². The molecule has 4 atom stereocenters. The largest absolute Gasteiger partial charge is 0.456 e. The topological polar surface area (TPSA) is 65.0 Å². The highest BCUT2D eigenvalue weighted by molar-refractivity contribution is 5.72. The van der Waals surface area contributed by atoms with E-state index in [-0.39, 0.29) is 18.5 Å². The van der Waals surface area contributed by atoms with Crippen molar-refractivity contribution in [2.24, 2.45) is 0 Å². The Labute approximate surface area is 81.9 Å². The third-order valence-electron chi connectivity index (χ3n) is 2.44. The molecule has 2 fully saturated rings. The Morgan fingerprint density at radius 2 is 2.43 bits per heavy atom. The molecule has 2 aliphatic rings. The maximum atomic E-state index is 10.9. The Hall–Kier alpha value is -0.650. The summed E-state index contributed by atoms with van der Waals surface area (Å²) in [5.74, 6) is -0.281. The van der Waals surface area contributed by atoms with Crippen LogP contribution in [0.15, 0.2) is 0 Å². The van der Waals surface area contributed by atoms with E-state index in [1.165, 1.54) is 0 Å². The molecule has 0 spiro atoms. The minimum atomic E-state index is -0.968. The van der Waals surface area contributed by atoms with E-state index >= 15 is 0 Å². The molecule has 0 radical (unpaired) electrons.